The Morgan fingerprint density at radius 3 is 2.47 bits per heavy atom. The summed E-state index contributed by atoms with van der Waals surface area (Å²) < 4.78 is 42.2. The Bertz CT molecular complexity index is 1220. The zero-order chi connectivity index (χ0) is 24.3. The molecule has 2 unspecified atom stereocenters. The van der Waals surface area contributed by atoms with Gasteiger partial charge in [0, 0.05) is 32.8 Å². The predicted molar refractivity (Wildman–Crippen MR) is 126 cm³/mol. The molecular weight excluding hydrogens is 482 g/mol. The van der Waals surface area contributed by atoms with Crippen LogP contribution in [0.25, 0.3) is 11.5 Å². The Hall–Kier alpha value is -2.67. The maximum Gasteiger partial charge on any atom is 0.240 e. The minimum atomic E-state index is -4.01. The average Bonchev–Trinajstić information content (AvgIpc) is 3.21. The van der Waals surface area contributed by atoms with Gasteiger partial charge in [0.1, 0.15) is 17.0 Å². The second-order valence-corrected chi connectivity index (χ2v) is 10.7. The molecule has 0 amide bonds. The number of rotatable bonds is 10. The number of pyridine rings is 1. The van der Waals surface area contributed by atoms with E-state index in [0.29, 0.717) is 23.1 Å². The van der Waals surface area contributed by atoms with Crippen molar-refractivity contribution < 1.29 is 17.9 Å². The van der Waals surface area contributed by atoms with Crippen LogP contribution in [-0.4, -0.2) is 64.2 Å². The average molecular weight is 508 g/mol. The largest absolute Gasteiger partial charge is 0.382 e. The van der Waals surface area contributed by atoms with Gasteiger partial charge in [-0.15, -0.1) is 10.2 Å². The van der Waals surface area contributed by atoms with Crippen LogP contribution in [0, 0.1) is 0 Å². The minimum absolute atomic E-state index is 0.0936. The number of methoxy groups -OCH3 is 2. The summed E-state index contributed by atoms with van der Waals surface area (Å²) in [6, 6.07) is 5.44. The molecule has 1 aliphatic carbocycles. The first kappa shape index (κ1) is 24.5. The summed E-state index contributed by atoms with van der Waals surface area (Å²) in [6.07, 6.45) is 6.07. The molecule has 0 aliphatic heterocycles. The zero-order valence-corrected chi connectivity index (χ0v) is 20.6. The second-order valence-electron chi connectivity index (χ2n) is 8.18. The highest BCUT2D eigenvalue weighted by Gasteiger charge is 2.44. The summed E-state index contributed by atoms with van der Waals surface area (Å²) in [4.78, 5) is 12.6. The first-order valence-electron chi connectivity index (χ1n) is 10.7. The molecular formula is C21H26ClN7O4S. The van der Waals surface area contributed by atoms with E-state index >= 15 is 0 Å². The number of nitrogens with one attached hydrogen (secondary N) is 1. The van der Waals surface area contributed by atoms with Gasteiger partial charge in [-0.2, -0.15) is 0 Å². The third-order valence-electron chi connectivity index (χ3n) is 6.03. The summed E-state index contributed by atoms with van der Waals surface area (Å²) >= 11 is 5.86. The third kappa shape index (κ3) is 4.63. The summed E-state index contributed by atoms with van der Waals surface area (Å²) in [6.45, 7) is 1.90. The maximum absolute atomic E-state index is 13.4. The smallest absolute Gasteiger partial charge is 0.240 e. The molecule has 182 valence electrons. The number of anilines is 1. The lowest BCUT2D eigenvalue weighted by Crippen LogP contribution is -2.46. The predicted octanol–water partition coefficient (Wildman–Crippen LogP) is 2.83. The second kappa shape index (κ2) is 9.90. The van der Waals surface area contributed by atoms with E-state index in [1.807, 2.05) is 6.07 Å². The van der Waals surface area contributed by atoms with Crippen LogP contribution in [0.2, 0.25) is 5.02 Å². The summed E-state index contributed by atoms with van der Waals surface area (Å²) in [5, 5.41) is 7.77. The van der Waals surface area contributed by atoms with Crippen LogP contribution < -0.4 is 4.72 Å². The molecule has 34 heavy (non-hydrogen) atoms. The third-order valence-corrected chi connectivity index (χ3v) is 7.92. The fourth-order valence-electron chi connectivity index (χ4n) is 4.11. The van der Waals surface area contributed by atoms with E-state index in [4.69, 9.17) is 21.1 Å². The van der Waals surface area contributed by atoms with E-state index in [9.17, 15) is 8.42 Å². The highest BCUT2D eigenvalue weighted by molar-refractivity contribution is 7.93. The number of sulfonamides is 1. The number of nitrogens with zero attached hydrogens (tertiary/aromatic N) is 6. The first-order valence-corrected chi connectivity index (χ1v) is 12.6. The van der Waals surface area contributed by atoms with Gasteiger partial charge in [0.05, 0.1) is 17.2 Å². The fraction of sp³-hybridized carbons (Fsp3) is 0.476. The van der Waals surface area contributed by atoms with Crippen LogP contribution >= 0.6 is 11.6 Å². The molecule has 4 rings (SSSR count). The molecule has 3 heterocycles. The van der Waals surface area contributed by atoms with E-state index < -0.39 is 26.9 Å². The molecule has 13 heteroatoms. The molecule has 0 radical (unpaired) electrons. The molecule has 1 fully saturated rings. The van der Waals surface area contributed by atoms with E-state index in [1.54, 1.807) is 30.0 Å². The summed E-state index contributed by atoms with van der Waals surface area (Å²) in [5.74, 6) is 0.762. The van der Waals surface area contributed by atoms with Crippen molar-refractivity contribution in [1.29, 1.82) is 0 Å². The van der Waals surface area contributed by atoms with Gasteiger partial charge in [-0.1, -0.05) is 17.7 Å². The maximum atomic E-state index is 13.4. The van der Waals surface area contributed by atoms with Crippen molar-refractivity contribution in [2.45, 2.75) is 43.1 Å². The molecule has 1 saturated carbocycles. The van der Waals surface area contributed by atoms with Crippen molar-refractivity contribution in [1.82, 2.24) is 29.7 Å². The van der Waals surface area contributed by atoms with Crippen LogP contribution in [0.5, 0.6) is 0 Å². The van der Waals surface area contributed by atoms with Crippen LogP contribution in [0.3, 0.4) is 0 Å². The van der Waals surface area contributed by atoms with Crippen molar-refractivity contribution in [3.05, 3.63) is 47.6 Å². The summed E-state index contributed by atoms with van der Waals surface area (Å²) in [7, 11) is -0.988. The van der Waals surface area contributed by atoms with Crippen LogP contribution in [0.15, 0.2) is 36.8 Å². The van der Waals surface area contributed by atoms with Crippen molar-refractivity contribution in [2.24, 2.45) is 0 Å². The molecule has 3 aromatic heterocycles. The highest BCUT2D eigenvalue weighted by atomic mass is 35.5. The SMILES string of the molecule is COCC1(n2c(NS(=O)(=O)C(C)C(OC)c3ncc(Cl)cn3)nnc2-c2ccccn2)CCC1. The normalized spacial score (nSPS) is 17.1. The van der Waals surface area contributed by atoms with E-state index in [2.05, 4.69) is 29.9 Å². The Labute approximate surface area is 203 Å². The molecule has 0 bridgehead atoms. The van der Waals surface area contributed by atoms with Gasteiger partial charge in [0.25, 0.3) is 0 Å². The van der Waals surface area contributed by atoms with Crippen LogP contribution in [0.4, 0.5) is 5.95 Å². The molecule has 11 nitrogen and oxygen atoms in total. The Morgan fingerprint density at radius 2 is 1.91 bits per heavy atom. The quantitative estimate of drug-likeness (QED) is 0.439. The van der Waals surface area contributed by atoms with Gasteiger partial charge in [-0.05, 0) is 38.3 Å². The first-order chi connectivity index (χ1) is 16.3. The Balaban J connectivity index is 1.71. The van der Waals surface area contributed by atoms with Gasteiger partial charge in [0.2, 0.25) is 16.0 Å². The Morgan fingerprint density at radius 1 is 1.18 bits per heavy atom. The van der Waals surface area contributed by atoms with Gasteiger partial charge in [-0.3, -0.25) is 14.3 Å². The monoisotopic (exact) mass is 507 g/mol. The standard InChI is InChI=1S/C21H26ClN7O4S/c1-14(17(33-3)18-24-11-15(22)12-25-18)34(30,31)28-20-27-26-19(16-7-4-5-10-23-16)29(20)21(13-32-2)8-6-9-21/h4-5,7,10-12,14,17H,6,8-9,13H2,1-3H3,(H,27,28). The molecule has 1 aliphatic rings. The van der Waals surface area contributed by atoms with Gasteiger partial charge in [-0.25, -0.2) is 18.4 Å². The van der Waals surface area contributed by atoms with Crippen molar-refractivity contribution >= 4 is 27.6 Å². The number of hydrogen-bond donors (Lipinski definition) is 1. The molecule has 3 aromatic rings. The summed E-state index contributed by atoms with van der Waals surface area (Å²) in [5.41, 5.74) is 0.104. The molecule has 0 aromatic carbocycles. The van der Waals surface area contributed by atoms with E-state index in [-0.39, 0.29) is 11.8 Å². The lowest BCUT2D eigenvalue weighted by molar-refractivity contribution is 0.0299. The van der Waals surface area contributed by atoms with E-state index in [0.717, 1.165) is 19.3 Å². The van der Waals surface area contributed by atoms with Gasteiger partial charge in [0.15, 0.2) is 11.6 Å². The van der Waals surface area contributed by atoms with Crippen LogP contribution in [0.1, 0.15) is 38.1 Å². The number of aromatic nitrogens is 6. The highest BCUT2D eigenvalue weighted by Crippen LogP contribution is 2.43. The Kier molecular flexibility index (Phi) is 7.12. The topological polar surface area (TPSA) is 134 Å². The number of ether oxygens (including phenoxy) is 2. The molecule has 0 saturated heterocycles. The minimum Gasteiger partial charge on any atom is -0.382 e. The fourth-order valence-corrected chi connectivity index (χ4v) is 5.33. The van der Waals surface area contributed by atoms with Crippen LogP contribution in [-0.2, 0) is 25.0 Å². The molecule has 1 N–H and O–H groups in total. The lowest BCUT2D eigenvalue weighted by Gasteiger charge is -2.43. The molecule has 2 atom stereocenters. The van der Waals surface area contributed by atoms with Crippen molar-refractivity contribution in [2.75, 3.05) is 25.5 Å². The van der Waals surface area contributed by atoms with Crippen molar-refractivity contribution in [3.8, 4) is 11.5 Å². The number of hydrogen-bond acceptors (Lipinski definition) is 9. The van der Waals surface area contributed by atoms with Crippen molar-refractivity contribution in [3.63, 3.8) is 0 Å². The zero-order valence-electron chi connectivity index (χ0n) is 19.0. The van der Waals surface area contributed by atoms with E-state index in [1.165, 1.54) is 26.4 Å². The van der Waals surface area contributed by atoms with Gasteiger partial charge >= 0.3 is 0 Å². The van der Waals surface area contributed by atoms with Gasteiger partial charge < -0.3 is 9.47 Å². The lowest BCUT2D eigenvalue weighted by atomic mass is 9.77. The molecule has 0 spiro atoms. The number of halogens is 1.